The Labute approximate surface area is 147 Å². The lowest BCUT2D eigenvalue weighted by atomic mass is 10.0. The van der Waals surface area contributed by atoms with Gasteiger partial charge < -0.3 is 4.74 Å². The van der Waals surface area contributed by atoms with Crippen LogP contribution in [0.25, 0.3) is 11.1 Å². The minimum atomic E-state index is 0.802. The fourth-order valence-electron chi connectivity index (χ4n) is 2.67. The van der Waals surface area contributed by atoms with Gasteiger partial charge in [0.1, 0.15) is 5.75 Å². The second-order valence-corrected chi connectivity index (χ2v) is 6.46. The van der Waals surface area contributed by atoms with Crippen LogP contribution in [0.1, 0.15) is 51.5 Å². The molecule has 0 aliphatic heterocycles. The number of rotatable bonds is 9. The maximum absolute atomic E-state index is 5.84. The highest BCUT2D eigenvalue weighted by molar-refractivity contribution is 5.65. The monoisotopic (exact) mass is 320 g/mol. The lowest BCUT2D eigenvalue weighted by Crippen LogP contribution is -1.98. The highest BCUT2D eigenvalue weighted by atomic mass is 16.5. The van der Waals surface area contributed by atoms with Gasteiger partial charge in [0.25, 0.3) is 0 Å². The van der Waals surface area contributed by atoms with Gasteiger partial charge in [0.05, 0.1) is 6.61 Å². The van der Waals surface area contributed by atoms with Gasteiger partial charge in [-0.3, -0.25) is 0 Å². The molecule has 126 valence electrons. The number of unbranched alkanes of at least 4 members (excludes halogenated alkanes) is 2. The van der Waals surface area contributed by atoms with E-state index in [4.69, 9.17) is 11.2 Å². The summed E-state index contributed by atoms with van der Waals surface area (Å²) in [5, 5.41) is 0. The standard InChI is InChI=1S/C23H28O/c1-4-19(3)9-7-6-8-18-24-23-16-14-22(15-17-23)21-12-10-20(5-2)11-13-21/h2,10-17,19H,4,6-9,18H2,1,3H3/t19-/m0/s1. The Morgan fingerprint density at radius 2 is 1.54 bits per heavy atom. The first-order valence-electron chi connectivity index (χ1n) is 9.03. The van der Waals surface area contributed by atoms with Crippen molar-refractivity contribution in [3.8, 4) is 29.2 Å². The lowest BCUT2D eigenvalue weighted by molar-refractivity contribution is 0.302. The van der Waals surface area contributed by atoms with Crippen LogP contribution >= 0.6 is 0 Å². The van der Waals surface area contributed by atoms with E-state index >= 15 is 0 Å². The SMILES string of the molecule is C#Cc1ccc(-c2ccc(OCCCCC[C@@H](C)CC)cc2)cc1. The van der Waals surface area contributed by atoms with Gasteiger partial charge >= 0.3 is 0 Å². The zero-order valence-corrected chi connectivity index (χ0v) is 14.9. The zero-order valence-electron chi connectivity index (χ0n) is 14.9. The molecule has 0 saturated heterocycles. The minimum absolute atomic E-state index is 0.802. The number of terminal acetylenes is 1. The van der Waals surface area contributed by atoms with Crippen molar-refractivity contribution in [2.24, 2.45) is 5.92 Å². The molecule has 0 saturated carbocycles. The van der Waals surface area contributed by atoms with E-state index < -0.39 is 0 Å². The Morgan fingerprint density at radius 3 is 2.12 bits per heavy atom. The average Bonchev–Trinajstić information content (AvgIpc) is 2.65. The molecule has 0 unspecified atom stereocenters. The highest BCUT2D eigenvalue weighted by Gasteiger charge is 2.00. The van der Waals surface area contributed by atoms with Gasteiger partial charge in [0.15, 0.2) is 0 Å². The third-order valence-corrected chi connectivity index (χ3v) is 4.55. The Bertz CT molecular complexity index is 631. The normalized spacial score (nSPS) is 11.7. The molecule has 0 fully saturated rings. The third-order valence-electron chi connectivity index (χ3n) is 4.55. The van der Waals surface area contributed by atoms with Crippen LogP contribution < -0.4 is 4.74 Å². The molecule has 1 heteroatoms. The Kier molecular flexibility index (Phi) is 7.43. The molecule has 24 heavy (non-hydrogen) atoms. The molecular formula is C23H28O. The number of benzene rings is 2. The van der Waals surface area contributed by atoms with Crippen molar-refractivity contribution < 1.29 is 4.74 Å². The Hall–Kier alpha value is -2.20. The quantitative estimate of drug-likeness (QED) is 0.388. The molecule has 0 aliphatic carbocycles. The van der Waals surface area contributed by atoms with E-state index in [1.807, 2.05) is 24.3 Å². The molecule has 2 rings (SSSR count). The van der Waals surface area contributed by atoms with E-state index in [1.165, 1.54) is 36.8 Å². The Balaban J connectivity index is 1.75. The van der Waals surface area contributed by atoms with Gasteiger partial charge in [-0.05, 0) is 47.7 Å². The number of hydrogen-bond donors (Lipinski definition) is 0. The van der Waals surface area contributed by atoms with Gasteiger partial charge in [-0.2, -0.15) is 0 Å². The summed E-state index contributed by atoms with van der Waals surface area (Å²) in [5.41, 5.74) is 3.26. The van der Waals surface area contributed by atoms with Crippen molar-refractivity contribution in [2.45, 2.75) is 46.0 Å². The fourth-order valence-corrected chi connectivity index (χ4v) is 2.67. The number of ether oxygens (including phenoxy) is 1. The van der Waals surface area contributed by atoms with Crippen LogP contribution in [0, 0.1) is 18.3 Å². The predicted octanol–water partition coefficient (Wildman–Crippen LogP) is 6.32. The van der Waals surface area contributed by atoms with Crippen LogP contribution in [0.15, 0.2) is 48.5 Å². The van der Waals surface area contributed by atoms with E-state index in [9.17, 15) is 0 Å². The first-order chi connectivity index (χ1) is 11.7. The molecule has 1 atom stereocenters. The maximum atomic E-state index is 5.84. The van der Waals surface area contributed by atoms with E-state index in [-0.39, 0.29) is 0 Å². The van der Waals surface area contributed by atoms with Gasteiger partial charge in [-0.1, -0.05) is 69.7 Å². The second kappa shape index (κ2) is 9.83. The average molecular weight is 320 g/mol. The highest BCUT2D eigenvalue weighted by Crippen LogP contribution is 2.23. The molecule has 0 radical (unpaired) electrons. The molecule has 0 aliphatic rings. The van der Waals surface area contributed by atoms with Crippen molar-refractivity contribution in [1.29, 1.82) is 0 Å². The summed E-state index contributed by atoms with van der Waals surface area (Å²) in [5.74, 6) is 4.44. The summed E-state index contributed by atoms with van der Waals surface area (Å²) in [6, 6.07) is 16.3. The predicted molar refractivity (Wildman–Crippen MR) is 103 cm³/mol. The Morgan fingerprint density at radius 1 is 0.917 bits per heavy atom. The van der Waals surface area contributed by atoms with E-state index in [1.54, 1.807) is 0 Å². The maximum Gasteiger partial charge on any atom is 0.119 e. The van der Waals surface area contributed by atoms with Gasteiger partial charge in [0.2, 0.25) is 0 Å². The molecule has 0 bridgehead atoms. The van der Waals surface area contributed by atoms with E-state index in [0.717, 1.165) is 30.3 Å². The smallest absolute Gasteiger partial charge is 0.119 e. The summed E-state index contributed by atoms with van der Waals surface area (Å²) in [6.07, 6.45) is 11.7. The van der Waals surface area contributed by atoms with Gasteiger partial charge in [-0.25, -0.2) is 0 Å². The van der Waals surface area contributed by atoms with Crippen LogP contribution in [0.4, 0.5) is 0 Å². The zero-order chi connectivity index (χ0) is 17.2. The topological polar surface area (TPSA) is 9.23 Å². The van der Waals surface area contributed by atoms with Crippen LogP contribution in [-0.2, 0) is 0 Å². The van der Waals surface area contributed by atoms with Crippen molar-refractivity contribution in [3.63, 3.8) is 0 Å². The summed E-state index contributed by atoms with van der Waals surface area (Å²) < 4.78 is 5.84. The lowest BCUT2D eigenvalue weighted by Gasteiger charge is -2.09. The minimum Gasteiger partial charge on any atom is -0.494 e. The van der Waals surface area contributed by atoms with Crippen LogP contribution in [-0.4, -0.2) is 6.61 Å². The fraction of sp³-hybridized carbons (Fsp3) is 0.391. The van der Waals surface area contributed by atoms with Crippen molar-refractivity contribution >= 4 is 0 Å². The first kappa shape index (κ1) is 18.1. The van der Waals surface area contributed by atoms with Crippen LogP contribution in [0.2, 0.25) is 0 Å². The van der Waals surface area contributed by atoms with Gasteiger partial charge in [0, 0.05) is 5.56 Å². The summed E-state index contributed by atoms with van der Waals surface area (Å²) in [6.45, 7) is 5.40. The van der Waals surface area contributed by atoms with Crippen molar-refractivity contribution in [2.75, 3.05) is 6.61 Å². The molecule has 2 aromatic rings. The van der Waals surface area contributed by atoms with E-state index in [0.29, 0.717) is 0 Å². The molecule has 0 spiro atoms. The van der Waals surface area contributed by atoms with Crippen LogP contribution in [0.3, 0.4) is 0 Å². The molecule has 0 N–H and O–H groups in total. The van der Waals surface area contributed by atoms with Crippen molar-refractivity contribution in [3.05, 3.63) is 54.1 Å². The first-order valence-corrected chi connectivity index (χ1v) is 9.03. The summed E-state index contributed by atoms with van der Waals surface area (Å²) in [7, 11) is 0. The van der Waals surface area contributed by atoms with Gasteiger partial charge in [-0.15, -0.1) is 6.42 Å². The summed E-state index contributed by atoms with van der Waals surface area (Å²) >= 11 is 0. The molecule has 1 nitrogen and oxygen atoms in total. The van der Waals surface area contributed by atoms with E-state index in [2.05, 4.69) is 44.0 Å². The summed E-state index contributed by atoms with van der Waals surface area (Å²) in [4.78, 5) is 0. The molecule has 2 aromatic carbocycles. The number of hydrogen-bond acceptors (Lipinski definition) is 1. The van der Waals surface area contributed by atoms with Crippen molar-refractivity contribution in [1.82, 2.24) is 0 Å². The van der Waals surface area contributed by atoms with Crippen LogP contribution in [0.5, 0.6) is 5.75 Å². The third kappa shape index (κ3) is 5.78. The molecular weight excluding hydrogens is 292 g/mol. The second-order valence-electron chi connectivity index (χ2n) is 6.46. The molecule has 0 aromatic heterocycles. The largest absolute Gasteiger partial charge is 0.494 e. The molecule has 0 amide bonds. The molecule has 0 heterocycles.